The molecule has 0 aliphatic heterocycles. The van der Waals surface area contributed by atoms with E-state index in [0.29, 0.717) is 21.7 Å². The third kappa shape index (κ3) is 5.79. The molecule has 0 aliphatic rings. The largest absolute Gasteiger partial charge is 0.496 e. The number of carbonyl (C=O) groups is 1. The molecule has 30 heavy (non-hydrogen) atoms. The number of para-hydroxylation sites is 1. The van der Waals surface area contributed by atoms with Gasteiger partial charge in [-0.15, -0.1) is 0 Å². The number of anilines is 1. The lowest BCUT2D eigenvalue weighted by Gasteiger charge is -2.24. The highest BCUT2D eigenvalue weighted by Crippen LogP contribution is 2.37. The topological polar surface area (TPSA) is 75.7 Å². The molecule has 0 aromatic heterocycles. The number of carbonyl (C=O) groups excluding carboxylic acids is 1. The van der Waals surface area contributed by atoms with Gasteiger partial charge in [-0.25, -0.2) is 8.42 Å². The Labute approximate surface area is 177 Å². The van der Waals surface area contributed by atoms with Gasteiger partial charge in [-0.2, -0.15) is 13.2 Å². The number of nitrogens with one attached hydrogen (secondary N) is 1. The van der Waals surface area contributed by atoms with Crippen LogP contribution >= 0.6 is 11.6 Å². The number of alkyl halides is 3. The zero-order chi connectivity index (χ0) is 22.7. The van der Waals surface area contributed by atoms with Crippen LogP contribution in [0.2, 0.25) is 5.02 Å². The number of nitrogens with zero attached hydrogens (tertiary/aromatic N) is 1. The first kappa shape index (κ1) is 23.8. The van der Waals surface area contributed by atoms with Crippen molar-refractivity contribution in [3.63, 3.8) is 0 Å². The number of halogens is 4. The first-order valence-electron chi connectivity index (χ1n) is 8.61. The lowest BCUT2D eigenvalue weighted by atomic mass is 10.1. The van der Waals surface area contributed by atoms with Crippen LogP contribution in [0, 0.1) is 0 Å². The summed E-state index contributed by atoms with van der Waals surface area (Å²) in [5, 5.41) is 2.05. The van der Waals surface area contributed by atoms with Crippen LogP contribution in [0.25, 0.3) is 0 Å². The molecule has 0 fully saturated rings. The normalized spacial score (nSPS) is 12.9. The molecule has 1 N–H and O–H groups in total. The van der Waals surface area contributed by atoms with Gasteiger partial charge < -0.3 is 10.1 Å². The van der Waals surface area contributed by atoms with Crippen LogP contribution in [-0.4, -0.2) is 34.2 Å². The van der Waals surface area contributed by atoms with Crippen LogP contribution in [0.1, 0.15) is 24.1 Å². The average Bonchev–Trinajstić information content (AvgIpc) is 2.64. The third-order valence-electron chi connectivity index (χ3n) is 4.21. The predicted molar refractivity (Wildman–Crippen MR) is 108 cm³/mol. The number of ether oxygens (including phenoxy) is 1. The zero-order valence-electron chi connectivity index (χ0n) is 16.3. The van der Waals surface area contributed by atoms with Crippen molar-refractivity contribution in [1.82, 2.24) is 5.32 Å². The Bertz CT molecular complexity index is 1030. The Hall–Kier alpha value is -2.46. The summed E-state index contributed by atoms with van der Waals surface area (Å²) >= 11 is 5.59. The minimum atomic E-state index is -4.78. The molecule has 0 aliphatic carbocycles. The van der Waals surface area contributed by atoms with Crippen LogP contribution in [0.15, 0.2) is 42.5 Å². The van der Waals surface area contributed by atoms with Crippen molar-refractivity contribution >= 4 is 33.2 Å². The second-order valence-electron chi connectivity index (χ2n) is 6.46. The minimum absolute atomic E-state index is 0.325. The van der Waals surface area contributed by atoms with Gasteiger partial charge in [-0.3, -0.25) is 9.10 Å². The summed E-state index contributed by atoms with van der Waals surface area (Å²) in [5.74, 6) is -0.180. The molecular weight excluding hydrogens is 445 g/mol. The van der Waals surface area contributed by atoms with Gasteiger partial charge in [-0.1, -0.05) is 29.8 Å². The Balaban J connectivity index is 2.29. The van der Waals surface area contributed by atoms with Crippen molar-refractivity contribution in [2.24, 2.45) is 0 Å². The number of methoxy groups -OCH3 is 1. The Morgan fingerprint density at radius 3 is 2.43 bits per heavy atom. The number of sulfonamides is 1. The summed E-state index contributed by atoms with van der Waals surface area (Å²) in [4.78, 5) is 12.5. The number of rotatable bonds is 7. The summed E-state index contributed by atoms with van der Waals surface area (Å²) < 4.78 is 69.6. The Morgan fingerprint density at radius 2 is 1.87 bits per heavy atom. The lowest BCUT2D eigenvalue weighted by molar-refractivity contribution is -0.137. The van der Waals surface area contributed by atoms with Gasteiger partial charge in [0.1, 0.15) is 12.3 Å². The first-order chi connectivity index (χ1) is 13.8. The van der Waals surface area contributed by atoms with Gasteiger partial charge in [0.05, 0.1) is 35.7 Å². The van der Waals surface area contributed by atoms with Crippen molar-refractivity contribution < 1.29 is 31.1 Å². The van der Waals surface area contributed by atoms with Crippen LogP contribution in [0.3, 0.4) is 0 Å². The summed E-state index contributed by atoms with van der Waals surface area (Å²) in [6, 6.07) is 9.03. The molecule has 2 rings (SSSR count). The highest BCUT2D eigenvalue weighted by atomic mass is 35.5. The van der Waals surface area contributed by atoms with Gasteiger partial charge in [0.25, 0.3) is 0 Å². The second-order valence-corrected chi connectivity index (χ2v) is 8.78. The predicted octanol–water partition coefficient (Wildman–Crippen LogP) is 4.01. The maximum Gasteiger partial charge on any atom is 0.417 e. The molecule has 0 unspecified atom stereocenters. The lowest BCUT2D eigenvalue weighted by Crippen LogP contribution is -2.41. The van der Waals surface area contributed by atoms with E-state index >= 15 is 0 Å². The molecule has 11 heteroatoms. The molecule has 0 radical (unpaired) electrons. The molecule has 0 saturated heterocycles. The summed E-state index contributed by atoms with van der Waals surface area (Å²) in [5.41, 5.74) is -0.863. The molecule has 0 bridgehead atoms. The summed E-state index contributed by atoms with van der Waals surface area (Å²) in [6.07, 6.45) is -3.98. The van der Waals surface area contributed by atoms with E-state index in [2.05, 4.69) is 5.32 Å². The SMILES string of the molecule is COc1ccccc1[C@@H](C)NC(=O)CN(c1ccc(Cl)c(C(F)(F)F)c1)S(C)(=O)=O. The molecular formula is C19H20ClF3N2O4S. The number of amides is 1. The fourth-order valence-electron chi connectivity index (χ4n) is 2.81. The quantitative estimate of drug-likeness (QED) is 0.671. The minimum Gasteiger partial charge on any atom is -0.496 e. The number of hydrogen-bond acceptors (Lipinski definition) is 4. The van der Waals surface area contributed by atoms with Crippen molar-refractivity contribution in [1.29, 1.82) is 0 Å². The smallest absolute Gasteiger partial charge is 0.417 e. The summed E-state index contributed by atoms with van der Waals surface area (Å²) in [7, 11) is -2.59. The Morgan fingerprint density at radius 1 is 1.23 bits per heavy atom. The van der Waals surface area contributed by atoms with Gasteiger partial charge in [0, 0.05) is 5.56 Å². The molecule has 2 aromatic rings. The van der Waals surface area contributed by atoms with E-state index in [-0.39, 0.29) is 5.69 Å². The van der Waals surface area contributed by atoms with E-state index in [1.54, 1.807) is 31.2 Å². The highest BCUT2D eigenvalue weighted by Gasteiger charge is 2.34. The van der Waals surface area contributed by atoms with Crippen LogP contribution in [-0.2, 0) is 21.0 Å². The average molecular weight is 465 g/mol. The molecule has 2 aromatic carbocycles. The first-order valence-corrected chi connectivity index (χ1v) is 10.8. The van der Waals surface area contributed by atoms with Crippen LogP contribution in [0.5, 0.6) is 5.75 Å². The third-order valence-corrected chi connectivity index (χ3v) is 5.68. The molecule has 0 spiro atoms. The maximum atomic E-state index is 13.1. The molecule has 1 amide bonds. The van der Waals surface area contributed by atoms with Crippen molar-refractivity contribution in [3.8, 4) is 5.75 Å². The fraction of sp³-hybridized carbons (Fsp3) is 0.316. The maximum absolute atomic E-state index is 13.1. The molecule has 1 atom stereocenters. The molecule has 164 valence electrons. The standard InChI is InChI=1S/C19H20ClF3N2O4S/c1-12(14-6-4-5-7-17(14)29-2)24-18(26)11-25(30(3,27)28)13-8-9-16(20)15(10-13)19(21,22)23/h4-10,12H,11H2,1-3H3,(H,24,26)/t12-/m1/s1. The van der Waals surface area contributed by atoms with Gasteiger partial charge >= 0.3 is 6.18 Å². The molecule has 0 saturated carbocycles. The van der Waals surface area contributed by atoms with E-state index in [1.165, 1.54) is 7.11 Å². The van der Waals surface area contributed by atoms with Crippen LogP contribution in [0.4, 0.5) is 18.9 Å². The van der Waals surface area contributed by atoms with E-state index < -0.39 is 45.3 Å². The van der Waals surface area contributed by atoms with E-state index in [0.717, 1.165) is 18.4 Å². The second kappa shape index (κ2) is 9.13. The monoisotopic (exact) mass is 464 g/mol. The van der Waals surface area contributed by atoms with Crippen molar-refractivity contribution in [2.45, 2.75) is 19.1 Å². The Kier molecular flexibility index (Phi) is 7.25. The molecule has 0 heterocycles. The van der Waals surface area contributed by atoms with Gasteiger partial charge in [0.15, 0.2) is 0 Å². The summed E-state index contributed by atoms with van der Waals surface area (Å²) in [6.45, 7) is 0.960. The zero-order valence-corrected chi connectivity index (χ0v) is 17.9. The van der Waals surface area contributed by atoms with Gasteiger partial charge in [0.2, 0.25) is 15.9 Å². The fourth-order valence-corrected chi connectivity index (χ4v) is 3.88. The highest BCUT2D eigenvalue weighted by molar-refractivity contribution is 7.92. The molecule has 6 nitrogen and oxygen atoms in total. The van der Waals surface area contributed by atoms with E-state index in [4.69, 9.17) is 16.3 Å². The van der Waals surface area contributed by atoms with E-state index in [9.17, 15) is 26.4 Å². The van der Waals surface area contributed by atoms with Crippen LogP contribution < -0.4 is 14.4 Å². The number of benzene rings is 2. The van der Waals surface area contributed by atoms with Crippen molar-refractivity contribution in [3.05, 3.63) is 58.6 Å². The van der Waals surface area contributed by atoms with E-state index in [1.807, 2.05) is 0 Å². The number of hydrogen-bond donors (Lipinski definition) is 1. The van der Waals surface area contributed by atoms with Gasteiger partial charge in [-0.05, 0) is 31.2 Å². The van der Waals surface area contributed by atoms with Crippen molar-refractivity contribution in [2.75, 3.05) is 24.2 Å².